The number of hydrogen-bond donors (Lipinski definition) is 0. The number of rotatable bonds is 6. The zero-order valence-electron chi connectivity index (χ0n) is 11.6. The lowest BCUT2D eigenvalue weighted by molar-refractivity contribution is 0.302. The predicted molar refractivity (Wildman–Crippen MR) is 71.3 cm³/mol. The molecule has 0 N–H and O–H groups in total. The maximum atomic E-state index is 5.43. The van der Waals surface area contributed by atoms with E-state index < -0.39 is 0 Å². The first-order chi connectivity index (χ1) is 8.65. The van der Waals surface area contributed by atoms with E-state index in [0.717, 1.165) is 11.1 Å². The Hall–Kier alpha value is -1.84. The Kier molecular flexibility index (Phi) is 4.89. The molecule has 1 aromatic rings. The Morgan fingerprint density at radius 1 is 0.833 bits per heavy atom. The van der Waals surface area contributed by atoms with Crippen LogP contribution in [-0.4, -0.2) is 28.4 Å². The molecule has 0 aliphatic rings. The van der Waals surface area contributed by atoms with Crippen LogP contribution in [0.2, 0.25) is 0 Å². The smallest absolute Gasteiger partial charge is 0.207 e. The standard InChI is InChI=1S/C14H20O4/c1-7-8-10-9(2)11(15-3)13(17-5)14(18-6)12(10)16-4/h7H,1,8H2,2-6H3. The van der Waals surface area contributed by atoms with Gasteiger partial charge in [-0.25, -0.2) is 0 Å². The van der Waals surface area contributed by atoms with Gasteiger partial charge in [-0.2, -0.15) is 0 Å². The van der Waals surface area contributed by atoms with Gasteiger partial charge in [0.1, 0.15) is 0 Å². The van der Waals surface area contributed by atoms with Crippen LogP contribution in [0.4, 0.5) is 0 Å². The lowest BCUT2D eigenvalue weighted by atomic mass is 10.0. The highest BCUT2D eigenvalue weighted by Crippen LogP contribution is 2.49. The van der Waals surface area contributed by atoms with E-state index in [1.807, 2.05) is 13.0 Å². The molecule has 18 heavy (non-hydrogen) atoms. The van der Waals surface area contributed by atoms with Crippen LogP contribution >= 0.6 is 0 Å². The Morgan fingerprint density at radius 2 is 1.28 bits per heavy atom. The van der Waals surface area contributed by atoms with Gasteiger partial charge in [0.05, 0.1) is 28.4 Å². The number of methoxy groups -OCH3 is 4. The fraction of sp³-hybridized carbons (Fsp3) is 0.429. The van der Waals surface area contributed by atoms with E-state index in [1.54, 1.807) is 28.4 Å². The average Bonchev–Trinajstić information content (AvgIpc) is 2.39. The number of ether oxygens (including phenoxy) is 4. The van der Waals surface area contributed by atoms with E-state index in [1.165, 1.54) is 0 Å². The van der Waals surface area contributed by atoms with Crippen molar-refractivity contribution in [3.63, 3.8) is 0 Å². The minimum Gasteiger partial charge on any atom is -0.492 e. The normalized spacial score (nSPS) is 9.83. The van der Waals surface area contributed by atoms with Crippen LogP contribution in [-0.2, 0) is 6.42 Å². The van der Waals surface area contributed by atoms with Crippen molar-refractivity contribution in [2.24, 2.45) is 0 Å². The lowest BCUT2D eigenvalue weighted by Crippen LogP contribution is -2.04. The summed E-state index contributed by atoms with van der Waals surface area (Å²) in [7, 11) is 6.36. The van der Waals surface area contributed by atoms with Crippen LogP contribution in [0.1, 0.15) is 11.1 Å². The van der Waals surface area contributed by atoms with Crippen molar-refractivity contribution in [1.29, 1.82) is 0 Å². The number of benzene rings is 1. The maximum Gasteiger partial charge on any atom is 0.207 e. The summed E-state index contributed by atoms with van der Waals surface area (Å²) in [6, 6.07) is 0. The van der Waals surface area contributed by atoms with E-state index >= 15 is 0 Å². The fourth-order valence-electron chi connectivity index (χ4n) is 2.04. The third-order valence-electron chi connectivity index (χ3n) is 2.85. The molecule has 4 heteroatoms. The molecular formula is C14H20O4. The highest BCUT2D eigenvalue weighted by atomic mass is 16.5. The van der Waals surface area contributed by atoms with Crippen molar-refractivity contribution in [2.75, 3.05) is 28.4 Å². The first-order valence-corrected chi connectivity index (χ1v) is 5.62. The molecule has 0 aliphatic carbocycles. The quantitative estimate of drug-likeness (QED) is 0.729. The lowest BCUT2D eigenvalue weighted by Gasteiger charge is -2.20. The van der Waals surface area contributed by atoms with Gasteiger partial charge < -0.3 is 18.9 Å². The summed E-state index contributed by atoms with van der Waals surface area (Å²) >= 11 is 0. The molecule has 0 spiro atoms. The third-order valence-corrected chi connectivity index (χ3v) is 2.85. The summed E-state index contributed by atoms with van der Waals surface area (Å²) in [4.78, 5) is 0. The Bertz CT molecular complexity index is 438. The summed E-state index contributed by atoms with van der Waals surface area (Å²) in [6.45, 7) is 5.72. The van der Waals surface area contributed by atoms with Gasteiger partial charge in [-0.3, -0.25) is 0 Å². The van der Waals surface area contributed by atoms with Crippen LogP contribution < -0.4 is 18.9 Å². The molecule has 0 saturated carbocycles. The van der Waals surface area contributed by atoms with E-state index in [-0.39, 0.29) is 0 Å². The van der Waals surface area contributed by atoms with Crippen molar-refractivity contribution in [1.82, 2.24) is 0 Å². The second-order valence-electron chi connectivity index (χ2n) is 3.73. The highest BCUT2D eigenvalue weighted by molar-refractivity contribution is 5.67. The van der Waals surface area contributed by atoms with Gasteiger partial charge in [0.15, 0.2) is 11.5 Å². The largest absolute Gasteiger partial charge is 0.492 e. The van der Waals surface area contributed by atoms with Crippen LogP contribution in [0.3, 0.4) is 0 Å². The molecular weight excluding hydrogens is 232 g/mol. The van der Waals surface area contributed by atoms with Crippen molar-refractivity contribution in [3.8, 4) is 23.0 Å². The minimum absolute atomic E-state index is 0.541. The SMILES string of the molecule is C=CCc1c(C)c(OC)c(OC)c(OC)c1OC. The molecule has 0 unspecified atom stereocenters. The molecule has 0 aliphatic heterocycles. The van der Waals surface area contributed by atoms with Crippen molar-refractivity contribution >= 4 is 0 Å². The first-order valence-electron chi connectivity index (χ1n) is 5.62. The second-order valence-corrected chi connectivity index (χ2v) is 3.73. The molecule has 100 valence electrons. The van der Waals surface area contributed by atoms with Crippen molar-refractivity contribution < 1.29 is 18.9 Å². The molecule has 0 saturated heterocycles. The van der Waals surface area contributed by atoms with Crippen LogP contribution in [0, 0.1) is 6.92 Å². The molecule has 0 bridgehead atoms. The molecule has 0 amide bonds. The summed E-state index contributed by atoms with van der Waals surface area (Å²) in [5.41, 5.74) is 1.95. The van der Waals surface area contributed by atoms with E-state index in [2.05, 4.69) is 6.58 Å². The van der Waals surface area contributed by atoms with Gasteiger partial charge in [-0.1, -0.05) is 6.08 Å². The molecule has 1 rings (SSSR count). The van der Waals surface area contributed by atoms with Gasteiger partial charge in [0.25, 0.3) is 0 Å². The molecule has 0 fully saturated rings. The first kappa shape index (κ1) is 14.2. The van der Waals surface area contributed by atoms with E-state index in [0.29, 0.717) is 29.4 Å². The van der Waals surface area contributed by atoms with Gasteiger partial charge in [-0.05, 0) is 13.3 Å². The van der Waals surface area contributed by atoms with Gasteiger partial charge in [0, 0.05) is 11.1 Å². The zero-order chi connectivity index (χ0) is 13.7. The van der Waals surface area contributed by atoms with Gasteiger partial charge in [-0.15, -0.1) is 6.58 Å². The molecule has 4 nitrogen and oxygen atoms in total. The Balaban J connectivity index is 3.66. The molecule has 0 heterocycles. The predicted octanol–water partition coefficient (Wildman–Crippen LogP) is 2.76. The van der Waals surface area contributed by atoms with E-state index in [4.69, 9.17) is 18.9 Å². The van der Waals surface area contributed by atoms with E-state index in [9.17, 15) is 0 Å². The monoisotopic (exact) mass is 252 g/mol. The highest BCUT2D eigenvalue weighted by Gasteiger charge is 2.24. The summed E-state index contributed by atoms with van der Waals surface area (Å²) in [5, 5.41) is 0. The van der Waals surface area contributed by atoms with Crippen LogP contribution in [0.15, 0.2) is 12.7 Å². The minimum atomic E-state index is 0.541. The second kappa shape index (κ2) is 6.19. The topological polar surface area (TPSA) is 36.9 Å². The Morgan fingerprint density at radius 3 is 1.67 bits per heavy atom. The van der Waals surface area contributed by atoms with Crippen LogP contribution in [0.25, 0.3) is 0 Å². The summed E-state index contributed by atoms with van der Waals surface area (Å²) in [6.07, 6.45) is 2.49. The number of allylic oxidation sites excluding steroid dienone is 1. The van der Waals surface area contributed by atoms with Crippen molar-refractivity contribution in [2.45, 2.75) is 13.3 Å². The maximum absolute atomic E-state index is 5.43. The molecule has 0 radical (unpaired) electrons. The van der Waals surface area contributed by atoms with Crippen LogP contribution in [0.5, 0.6) is 23.0 Å². The number of hydrogen-bond acceptors (Lipinski definition) is 4. The molecule has 0 atom stereocenters. The third kappa shape index (κ3) is 2.23. The molecule has 1 aromatic carbocycles. The zero-order valence-corrected chi connectivity index (χ0v) is 11.6. The van der Waals surface area contributed by atoms with Gasteiger partial charge in [0.2, 0.25) is 11.5 Å². The fourth-order valence-corrected chi connectivity index (χ4v) is 2.04. The summed E-state index contributed by atoms with van der Waals surface area (Å²) in [5.74, 6) is 2.40. The average molecular weight is 252 g/mol. The molecule has 0 aromatic heterocycles. The summed E-state index contributed by atoms with van der Waals surface area (Å²) < 4.78 is 21.6. The van der Waals surface area contributed by atoms with Crippen molar-refractivity contribution in [3.05, 3.63) is 23.8 Å². The van der Waals surface area contributed by atoms with Gasteiger partial charge >= 0.3 is 0 Å². The Labute approximate surface area is 108 Å².